The van der Waals surface area contributed by atoms with Crippen molar-refractivity contribution in [2.75, 3.05) is 7.11 Å². The Morgan fingerprint density at radius 2 is 1.72 bits per heavy atom. The molecule has 0 aliphatic rings. The maximum Gasteiger partial charge on any atom is 0.453 e. The molecular formula is C17H13F3N6O2S. The summed E-state index contributed by atoms with van der Waals surface area (Å²) in [4.78, 5) is 0. The van der Waals surface area contributed by atoms with E-state index in [1.54, 1.807) is 45.2 Å². The molecule has 0 amide bonds. The van der Waals surface area contributed by atoms with E-state index in [0.717, 1.165) is 11.8 Å². The minimum Gasteiger partial charge on any atom is -0.497 e. The zero-order valence-electron chi connectivity index (χ0n) is 15.4. The van der Waals surface area contributed by atoms with Crippen LogP contribution in [0.5, 0.6) is 5.75 Å². The van der Waals surface area contributed by atoms with Gasteiger partial charge < -0.3 is 9.15 Å². The Hall–Kier alpha value is -3.15. The maximum atomic E-state index is 13.2. The molecule has 0 bridgehead atoms. The van der Waals surface area contributed by atoms with Gasteiger partial charge in [-0.3, -0.25) is 0 Å². The van der Waals surface area contributed by atoms with Crippen molar-refractivity contribution in [1.29, 1.82) is 0 Å². The van der Waals surface area contributed by atoms with E-state index >= 15 is 0 Å². The second kappa shape index (κ2) is 7.03. The number of hydrogen-bond acceptors (Lipinski definition) is 8. The monoisotopic (exact) mass is 422 g/mol. The molecule has 12 heteroatoms. The minimum atomic E-state index is -4.68. The summed E-state index contributed by atoms with van der Waals surface area (Å²) < 4.78 is 50.9. The van der Waals surface area contributed by atoms with E-state index in [0.29, 0.717) is 27.0 Å². The molecule has 4 aromatic rings. The lowest BCUT2D eigenvalue weighted by Gasteiger charge is -2.08. The third kappa shape index (κ3) is 3.50. The van der Waals surface area contributed by atoms with E-state index in [-0.39, 0.29) is 21.8 Å². The van der Waals surface area contributed by atoms with Gasteiger partial charge >= 0.3 is 6.18 Å². The van der Waals surface area contributed by atoms with Crippen LogP contribution in [0.15, 0.2) is 38.9 Å². The Kier molecular flexibility index (Phi) is 4.65. The van der Waals surface area contributed by atoms with Gasteiger partial charge in [-0.1, -0.05) is 0 Å². The standard InChI is InChI=1S/C17H13F3N6O2S/c1-8-9(2)14(25-26-12(8)21-23-15(26)17(18,19)20)29-16-24-22-13(28-16)10-4-6-11(27-3)7-5-10/h4-7H,1-3H3. The van der Waals surface area contributed by atoms with E-state index in [1.165, 1.54) is 0 Å². The fraction of sp³-hybridized carbons (Fsp3) is 0.235. The molecule has 0 atom stereocenters. The number of alkyl halides is 3. The first-order valence-corrected chi connectivity index (χ1v) is 9.05. The molecule has 1 aromatic carbocycles. The molecule has 0 N–H and O–H groups in total. The van der Waals surface area contributed by atoms with Gasteiger partial charge in [-0.05, 0) is 55.4 Å². The smallest absolute Gasteiger partial charge is 0.453 e. The van der Waals surface area contributed by atoms with Gasteiger partial charge in [0.2, 0.25) is 5.89 Å². The lowest BCUT2D eigenvalue weighted by Crippen LogP contribution is -2.13. The zero-order chi connectivity index (χ0) is 20.8. The van der Waals surface area contributed by atoms with Crippen molar-refractivity contribution in [3.05, 3.63) is 41.2 Å². The third-order valence-corrected chi connectivity index (χ3v) is 5.15. The molecule has 29 heavy (non-hydrogen) atoms. The highest BCUT2D eigenvalue weighted by molar-refractivity contribution is 7.99. The third-order valence-electron chi connectivity index (χ3n) is 4.23. The summed E-state index contributed by atoms with van der Waals surface area (Å²) in [6, 6.07) is 7.01. The van der Waals surface area contributed by atoms with Gasteiger partial charge in [-0.15, -0.1) is 20.4 Å². The average molecular weight is 422 g/mol. The van der Waals surface area contributed by atoms with E-state index in [1.807, 2.05) is 0 Å². The number of fused-ring (bicyclic) bond motifs is 1. The molecule has 0 saturated carbocycles. The van der Waals surface area contributed by atoms with E-state index in [9.17, 15) is 13.2 Å². The van der Waals surface area contributed by atoms with Gasteiger partial charge in [0, 0.05) is 11.1 Å². The second-order valence-corrected chi connectivity index (χ2v) is 6.96. The largest absolute Gasteiger partial charge is 0.497 e. The molecule has 8 nitrogen and oxygen atoms in total. The number of rotatable bonds is 4. The fourth-order valence-electron chi connectivity index (χ4n) is 2.56. The molecule has 150 valence electrons. The summed E-state index contributed by atoms with van der Waals surface area (Å²) in [5.41, 5.74) is 1.90. The number of halogens is 3. The highest BCUT2D eigenvalue weighted by Gasteiger charge is 2.38. The van der Waals surface area contributed by atoms with Crippen molar-refractivity contribution < 1.29 is 22.3 Å². The average Bonchev–Trinajstić information content (AvgIpc) is 3.33. The van der Waals surface area contributed by atoms with Gasteiger partial charge in [-0.2, -0.15) is 22.8 Å². The van der Waals surface area contributed by atoms with Crippen LogP contribution < -0.4 is 4.74 Å². The number of benzene rings is 1. The van der Waals surface area contributed by atoms with Crippen molar-refractivity contribution in [2.45, 2.75) is 30.3 Å². The van der Waals surface area contributed by atoms with Gasteiger partial charge in [-0.25, -0.2) is 0 Å². The van der Waals surface area contributed by atoms with Crippen LogP contribution >= 0.6 is 11.8 Å². The van der Waals surface area contributed by atoms with E-state index in [4.69, 9.17) is 9.15 Å². The Labute approximate surface area is 166 Å². The molecule has 0 fully saturated rings. The second-order valence-electron chi connectivity index (χ2n) is 6.02. The van der Waals surface area contributed by atoms with Gasteiger partial charge in [0.1, 0.15) is 10.8 Å². The molecule has 4 rings (SSSR count). The highest BCUT2D eigenvalue weighted by atomic mass is 32.2. The van der Waals surface area contributed by atoms with Crippen molar-refractivity contribution in [1.82, 2.24) is 30.0 Å². The minimum absolute atomic E-state index is 0.0450. The summed E-state index contributed by atoms with van der Waals surface area (Å²) in [5.74, 6) is -0.242. The number of aryl methyl sites for hydroxylation is 1. The lowest BCUT2D eigenvalue weighted by molar-refractivity contribution is -0.146. The number of nitrogens with zero attached hydrogens (tertiary/aromatic N) is 6. The predicted octanol–water partition coefficient (Wildman–Crippen LogP) is 3.97. The number of ether oxygens (including phenoxy) is 1. The maximum absolute atomic E-state index is 13.2. The number of aromatic nitrogens is 6. The van der Waals surface area contributed by atoms with Gasteiger partial charge in [0.05, 0.1) is 7.11 Å². The molecule has 0 aliphatic heterocycles. The Bertz CT molecular complexity index is 1190. The van der Waals surface area contributed by atoms with E-state index in [2.05, 4.69) is 25.5 Å². The molecule has 3 aromatic heterocycles. The summed E-state index contributed by atoms with van der Waals surface area (Å²) in [7, 11) is 1.56. The summed E-state index contributed by atoms with van der Waals surface area (Å²) in [5, 5.41) is 19.3. The first-order valence-electron chi connectivity index (χ1n) is 8.23. The topological polar surface area (TPSA) is 91.2 Å². The summed E-state index contributed by atoms with van der Waals surface area (Å²) in [6.45, 7) is 3.38. The Balaban J connectivity index is 1.69. The first kappa shape index (κ1) is 19.2. The van der Waals surface area contributed by atoms with Crippen molar-refractivity contribution in [2.24, 2.45) is 0 Å². The molecular weight excluding hydrogens is 409 g/mol. The highest BCUT2D eigenvalue weighted by Crippen LogP contribution is 2.34. The molecule has 3 heterocycles. The molecule has 0 aliphatic carbocycles. The van der Waals surface area contributed by atoms with Crippen LogP contribution in [0.3, 0.4) is 0 Å². The molecule has 0 radical (unpaired) electrons. The van der Waals surface area contributed by atoms with Crippen LogP contribution in [0.1, 0.15) is 17.0 Å². The van der Waals surface area contributed by atoms with Crippen molar-refractivity contribution >= 4 is 17.4 Å². The van der Waals surface area contributed by atoms with Crippen LogP contribution in [-0.4, -0.2) is 37.1 Å². The lowest BCUT2D eigenvalue weighted by atomic mass is 10.2. The quantitative estimate of drug-likeness (QED) is 0.488. The fourth-order valence-corrected chi connectivity index (χ4v) is 3.36. The first-order chi connectivity index (χ1) is 13.8. The van der Waals surface area contributed by atoms with Gasteiger partial charge in [0.25, 0.3) is 11.0 Å². The molecule has 0 unspecified atom stereocenters. The van der Waals surface area contributed by atoms with Crippen molar-refractivity contribution in [3.8, 4) is 17.2 Å². The molecule has 0 spiro atoms. The SMILES string of the molecule is COc1ccc(-c2nnc(Sc3nn4c(C(F)(F)F)nnc4c(C)c3C)o2)cc1. The predicted molar refractivity (Wildman–Crippen MR) is 95.7 cm³/mol. The zero-order valence-corrected chi connectivity index (χ0v) is 16.2. The molecule has 0 saturated heterocycles. The van der Waals surface area contributed by atoms with Crippen molar-refractivity contribution in [3.63, 3.8) is 0 Å². The van der Waals surface area contributed by atoms with E-state index < -0.39 is 12.0 Å². The number of hydrogen-bond donors (Lipinski definition) is 0. The Morgan fingerprint density at radius 1 is 1.00 bits per heavy atom. The Morgan fingerprint density at radius 3 is 2.38 bits per heavy atom. The normalized spacial score (nSPS) is 11.9. The van der Waals surface area contributed by atoms with Crippen LogP contribution in [-0.2, 0) is 6.18 Å². The van der Waals surface area contributed by atoms with Crippen LogP contribution in [0.25, 0.3) is 17.1 Å². The summed E-state index contributed by atoms with van der Waals surface area (Å²) >= 11 is 0.969. The number of methoxy groups -OCH3 is 1. The van der Waals surface area contributed by atoms with Crippen LogP contribution in [0, 0.1) is 13.8 Å². The van der Waals surface area contributed by atoms with Crippen LogP contribution in [0.2, 0.25) is 0 Å². The van der Waals surface area contributed by atoms with Crippen LogP contribution in [0.4, 0.5) is 13.2 Å². The summed E-state index contributed by atoms with van der Waals surface area (Å²) in [6.07, 6.45) is -4.68. The van der Waals surface area contributed by atoms with Gasteiger partial charge in [0.15, 0.2) is 5.65 Å².